The Morgan fingerprint density at radius 2 is 1.95 bits per heavy atom. The summed E-state index contributed by atoms with van der Waals surface area (Å²) in [6, 6.07) is 15.0. The van der Waals surface area contributed by atoms with Crippen molar-refractivity contribution in [3.05, 3.63) is 77.1 Å². The first kappa shape index (κ1) is 12.8. The molecule has 1 heterocycles. The van der Waals surface area contributed by atoms with Crippen LogP contribution in [0.3, 0.4) is 0 Å². The Labute approximate surface area is 122 Å². The standard InChI is InChI=1S/C17H12ClNO/c18-14-5-1-3-12(9-14)10-17(20)15-6-2-4-13-7-8-19-11-16(13)15/h1-9,11H,10H2. The molecule has 0 N–H and O–H groups in total. The summed E-state index contributed by atoms with van der Waals surface area (Å²) in [5.74, 6) is 0.0749. The Morgan fingerprint density at radius 3 is 2.80 bits per heavy atom. The molecule has 0 unspecified atom stereocenters. The van der Waals surface area contributed by atoms with Gasteiger partial charge >= 0.3 is 0 Å². The van der Waals surface area contributed by atoms with E-state index in [1.54, 1.807) is 18.5 Å². The molecule has 1 aromatic heterocycles. The molecule has 0 aliphatic heterocycles. The lowest BCUT2D eigenvalue weighted by Crippen LogP contribution is -2.04. The molecule has 0 aliphatic rings. The normalized spacial score (nSPS) is 10.7. The van der Waals surface area contributed by atoms with Crippen molar-refractivity contribution in [2.24, 2.45) is 0 Å². The third kappa shape index (κ3) is 2.56. The molecule has 98 valence electrons. The number of hydrogen-bond donors (Lipinski definition) is 0. The molecule has 3 rings (SSSR count). The molecule has 0 spiro atoms. The van der Waals surface area contributed by atoms with E-state index in [0.29, 0.717) is 17.0 Å². The lowest BCUT2D eigenvalue weighted by Gasteiger charge is -2.06. The maximum Gasteiger partial charge on any atom is 0.167 e. The van der Waals surface area contributed by atoms with Crippen molar-refractivity contribution in [1.82, 2.24) is 4.98 Å². The summed E-state index contributed by atoms with van der Waals surface area (Å²) in [7, 11) is 0. The predicted molar refractivity (Wildman–Crippen MR) is 81.2 cm³/mol. The van der Waals surface area contributed by atoms with Gasteiger partial charge in [0, 0.05) is 34.8 Å². The highest BCUT2D eigenvalue weighted by atomic mass is 35.5. The van der Waals surface area contributed by atoms with E-state index in [0.717, 1.165) is 16.3 Å². The highest BCUT2D eigenvalue weighted by Gasteiger charge is 2.11. The Hall–Kier alpha value is -2.19. The van der Waals surface area contributed by atoms with E-state index in [4.69, 9.17) is 11.6 Å². The molecule has 0 amide bonds. The fourth-order valence-electron chi connectivity index (χ4n) is 2.28. The Kier molecular flexibility index (Phi) is 3.48. The van der Waals surface area contributed by atoms with Gasteiger partial charge in [-0.2, -0.15) is 0 Å². The van der Waals surface area contributed by atoms with E-state index in [1.165, 1.54) is 0 Å². The van der Waals surface area contributed by atoms with Crippen LogP contribution in [0.25, 0.3) is 10.8 Å². The Morgan fingerprint density at radius 1 is 1.10 bits per heavy atom. The maximum atomic E-state index is 12.5. The highest BCUT2D eigenvalue weighted by molar-refractivity contribution is 6.30. The number of nitrogens with zero attached hydrogens (tertiary/aromatic N) is 1. The van der Waals surface area contributed by atoms with Gasteiger partial charge in [0.15, 0.2) is 5.78 Å². The van der Waals surface area contributed by atoms with Crippen molar-refractivity contribution < 1.29 is 4.79 Å². The molecule has 3 aromatic rings. The van der Waals surface area contributed by atoms with Gasteiger partial charge in [-0.1, -0.05) is 41.9 Å². The van der Waals surface area contributed by atoms with Gasteiger partial charge in [0.05, 0.1) is 0 Å². The van der Waals surface area contributed by atoms with E-state index in [2.05, 4.69) is 4.98 Å². The van der Waals surface area contributed by atoms with Gasteiger partial charge in [-0.15, -0.1) is 0 Å². The average molecular weight is 282 g/mol. The topological polar surface area (TPSA) is 30.0 Å². The van der Waals surface area contributed by atoms with Crippen LogP contribution < -0.4 is 0 Å². The second-order valence-corrected chi connectivity index (χ2v) is 5.07. The van der Waals surface area contributed by atoms with E-state index < -0.39 is 0 Å². The quantitative estimate of drug-likeness (QED) is 0.670. The summed E-state index contributed by atoms with van der Waals surface area (Å²) in [5.41, 5.74) is 1.62. The van der Waals surface area contributed by atoms with Crippen molar-refractivity contribution in [3.63, 3.8) is 0 Å². The highest BCUT2D eigenvalue weighted by Crippen LogP contribution is 2.20. The SMILES string of the molecule is O=C(Cc1cccc(Cl)c1)c1cccc2ccncc12. The van der Waals surface area contributed by atoms with Crippen LogP contribution in [-0.2, 0) is 6.42 Å². The summed E-state index contributed by atoms with van der Waals surface area (Å²) in [4.78, 5) is 16.6. The van der Waals surface area contributed by atoms with Crippen molar-refractivity contribution in [2.75, 3.05) is 0 Å². The van der Waals surface area contributed by atoms with E-state index >= 15 is 0 Å². The molecular weight excluding hydrogens is 270 g/mol. The minimum atomic E-state index is 0.0749. The number of halogens is 1. The number of hydrogen-bond acceptors (Lipinski definition) is 2. The smallest absolute Gasteiger partial charge is 0.167 e. The number of rotatable bonds is 3. The summed E-state index contributed by atoms with van der Waals surface area (Å²) >= 11 is 5.95. The molecule has 0 atom stereocenters. The molecule has 0 aliphatic carbocycles. The number of fused-ring (bicyclic) bond motifs is 1. The maximum absolute atomic E-state index is 12.5. The number of aromatic nitrogens is 1. The summed E-state index contributed by atoms with van der Waals surface area (Å²) < 4.78 is 0. The number of carbonyl (C=O) groups is 1. The zero-order valence-electron chi connectivity index (χ0n) is 10.7. The molecule has 3 heteroatoms. The van der Waals surface area contributed by atoms with Crippen LogP contribution in [0, 0.1) is 0 Å². The monoisotopic (exact) mass is 281 g/mol. The molecular formula is C17H12ClNO. The van der Waals surface area contributed by atoms with Crippen LogP contribution in [0.15, 0.2) is 60.9 Å². The van der Waals surface area contributed by atoms with Gasteiger partial charge < -0.3 is 0 Å². The molecule has 2 nitrogen and oxygen atoms in total. The van der Waals surface area contributed by atoms with Gasteiger partial charge in [-0.3, -0.25) is 9.78 Å². The number of Topliss-reactive ketones (excluding diaryl/α,β-unsaturated/α-hetero) is 1. The summed E-state index contributed by atoms with van der Waals surface area (Å²) in [6.07, 6.45) is 3.81. The predicted octanol–water partition coefficient (Wildman–Crippen LogP) is 4.31. The molecule has 0 radical (unpaired) electrons. The molecule has 0 saturated heterocycles. The van der Waals surface area contributed by atoms with Crippen LogP contribution in [0.2, 0.25) is 5.02 Å². The number of pyridine rings is 1. The number of ketones is 1. The zero-order valence-corrected chi connectivity index (χ0v) is 11.5. The van der Waals surface area contributed by atoms with Gasteiger partial charge in [0.25, 0.3) is 0 Å². The van der Waals surface area contributed by atoms with Crippen LogP contribution in [0.5, 0.6) is 0 Å². The average Bonchev–Trinajstić information content (AvgIpc) is 2.46. The molecule has 0 bridgehead atoms. The lowest BCUT2D eigenvalue weighted by molar-refractivity contribution is 0.0994. The minimum Gasteiger partial charge on any atom is -0.294 e. The number of benzene rings is 2. The van der Waals surface area contributed by atoms with Crippen LogP contribution in [-0.4, -0.2) is 10.8 Å². The van der Waals surface area contributed by atoms with Crippen LogP contribution >= 0.6 is 11.6 Å². The lowest BCUT2D eigenvalue weighted by atomic mass is 9.99. The first-order valence-corrected chi connectivity index (χ1v) is 6.72. The van der Waals surface area contributed by atoms with Crippen LogP contribution in [0.1, 0.15) is 15.9 Å². The molecule has 0 fully saturated rings. The first-order chi connectivity index (χ1) is 9.74. The van der Waals surface area contributed by atoms with E-state index in [-0.39, 0.29) is 5.78 Å². The largest absolute Gasteiger partial charge is 0.294 e. The third-order valence-corrected chi connectivity index (χ3v) is 3.47. The second-order valence-electron chi connectivity index (χ2n) is 4.63. The van der Waals surface area contributed by atoms with E-state index in [9.17, 15) is 4.79 Å². The van der Waals surface area contributed by atoms with Gasteiger partial charge in [0.1, 0.15) is 0 Å². The molecule has 0 saturated carbocycles. The number of carbonyl (C=O) groups excluding carboxylic acids is 1. The fourth-order valence-corrected chi connectivity index (χ4v) is 2.50. The van der Waals surface area contributed by atoms with Crippen molar-refractivity contribution in [1.29, 1.82) is 0 Å². The second kappa shape index (κ2) is 5.43. The molecule has 2 aromatic carbocycles. The van der Waals surface area contributed by atoms with Gasteiger partial charge in [-0.25, -0.2) is 0 Å². The van der Waals surface area contributed by atoms with Crippen molar-refractivity contribution in [3.8, 4) is 0 Å². The van der Waals surface area contributed by atoms with Gasteiger partial charge in [-0.05, 0) is 29.1 Å². The summed E-state index contributed by atoms with van der Waals surface area (Å²) in [5, 5.41) is 2.56. The van der Waals surface area contributed by atoms with Crippen molar-refractivity contribution >= 4 is 28.2 Å². The first-order valence-electron chi connectivity index (χ1n) is 6.34. The zero-order chi connectivity index (χ0) is 13.9. The Bertz CT molecular complexity index is 777. The minimum absolute atomic E-state index is 0.0749. The summed E-state index contributed by atoms with van der Waals surface area (Å²) in [6.45, 7) is 0. The fraction of sp³-hybridized carbons (Fsp3) is 0.0588. The van der Waals surface area contributed by atoms with E-state index in [1.807, 2.05) is 42.5 Å². The van der Waals surface area contributed by atoms with Crippen molar-refractivity contribution in [2.45, 2.75) is 6.42 Å². The molecule has 20 heavy (non-hydrogen) atoms. The third-order valence-electron chi connectivity index (χ3n) is 3.24. The van der Waals surface area contributed by atoms with Gasteiger partial charge in [0.2, 0.25) is 0 Å². The Balaban J connectivity index is 1.97. The van der Waals surface area contributed by atoms with Crippen LogP contribution in [0.4, 0.5) is 0 Å².